The highest BCUT2D eigenvalue weighted by molar-refractivity contribution is 7.91. The van der Waals surface area contributed by atoms with Crippen LogP contribution in [0.25, 0.3) is 0 Å². The van der Waals surface area contributed by atoms with E-state index in [0.29, 0.717) is 6.07 Å². The summed E-state index contributed by atoms with van der Waals surface area (Å²) in [5.74, 6) is -4.98. The lowest BCUT2D eigenvalue weighted by atomic mass is 10.2. The molecule has 0 heterocycles. The Kier molecular flexibility index (Phi) is 5.02. The molecule has 1 rings (SSSR count). The van der Waals surface area contributed by atoms with Crippen LogP contribution < -0.4 is 4.90 Å². The molecule has 0 bridgehead atoms. The first-order valence-electron chi connectivity index (χ1n) is 5.76. The highest BCUT2D eigenvalue weighted by atomic mass is 32.2. The molecule has 1 atom stereocenters. The van der Waals surface area contributed by atoms with E-state index in [1.165, 1.54) is 14.0 Å². The van der Waals surface area contributed by atoms with Gasteiger partial charge in [0.2, 0.25) is 9.84 Å². The number of carbonyl (C=O) groups is 1. The largest absolute Gasteiger partial charge is 0.480 e. The second-order valence-corrected chi connectivity index (χ2v) is 6.26. The third-order valence-electron chi connectivity index (χ3n) is 3.02. The number of halogens is 2. The zero-order valence-corrected chi connectivity index (χ0v) is 12.3. The van der Waals surface area contributed by atoms with E-state index in [-0.39, 0.29) is 5.69 Å². The number of hydrogen-bond acceptors (Lipinski definition) is 6. The van der Waals surface area contributed by atoms with E-state index in [2.05, 4.69) is 0 Å². The van der Waals surface area contributed by atoms with E-state index in [4.69, 9.17) is 5.11 Å². The minimum absolute atomic E-state index is 0.201. The number of nitro groups is 1. The second kappa shape index (κ2) is 6.22. The number of alkyl halides is 2. The smallest absolute Gasteiger partial charge is 0.341 e. The van der Waals surface area contributed by atoms with E-state index in [1.54, 1.807) is 0 Å². The number of aliphatic carboxylic acids is 1. The molecule has 1 aromatic rings. The minimum atomic E-state index is -4.98. The monoisotopic (exact) mass is 338 g/mol. The fourth-order valence-corrected chi connectivity index (χ4v) is 2.34. The van der Waals surface area contributed by atoms with Gasteiger partial charge >= 0.3 is 11.7 Å². The van der Waals surface area contributed by atoms with Crippen LogP contribution in [-0.4, -0.2) is 43.3 Å². The van der Waals surface area contributed by atoms with E-state index < -0.39 is 43.1 Å². The molecule has 1 unspecified atom stereocenters. The Morgan fingerprint density at radius 1 is 1.41 bits per heavy atom. The number of carboxylic acids is 1. The maximum atomic E-state index is 12.5. The second-order valence-electron chi connectivity index (χ2n) is 4.34. The first kappa shape index (κ1) is 17.8. The van der Waals surface area contributed by atoms with Gasteiger partial charge in [-0.1, -0.05) is 0 Å². The lowest BCUT2D eigenvalue weighted by Crippen LogP contribution is -2.36. The highest BCUT2D eigenvalue weighted by Gasteiger charge is 2.31. The molecular weight excluding hydrogens is 326 g/mol. The fraction of sp³-hybridized carbons (Fsp3) is 0.364. The van der Waals surface area contributed by atoms with Crippen molar-refractivity contribution >= 4 is 27.2 Å². The number of sulfone groups is 1. The first-order valence-corrected chi connectivity index (χ1v) is 7.31. The van der Waals surface area contributed by atoms with Gasteiger partial charge in [0, 0.05) is 13.1 Å². The molecule has 0 aliphatic heterocycles. The summed E-state index contributed by atoms with van der Waals surface area (Å²) in [6.07, 6.45) is 0. The summed E-state index contributed by atoms with van der Waals surface area (Å²) in [5.41, 5.74) is -0.981. The van der Waals surface area contributed by atoms with Crippen molar-refractivity contribution in [2.75, 3.05) is 11.9 Å². The SMILES string of the molecule is CC(C(=O)O)N(C)c1ccc(S(=O)(=O)C(F)F)cc1[N+](=O)[O-]. The van der Waals surface area contributed by atoms with Crippen molar-refractivity contribution in [3.63, 3.8) is 0 Å². The average Bonchev–Trinajstić information content (AvgIpc) is 2.44. The minimum Gasteiger partial charge on any atom is -0.480 e. The van der Waals surface area contributed by atoms with Gasteiger partial charge in [0.1, 0.15) is 11.7 Å². The van der Waals surface area contributed by atoms with Crippen molar-refractivity contribution in [3.05, 3.63) is 28.3 Å². The van der Waals surface area contributed by atoms with E-state index in [9.17, 15) is 32.1 Å². The molecule has 1 aromatic carbocycles. The van der Waals surface area contributed by atoms with Crippen LogP contribution in [0.5, 0.6) is 0 Å². The van der Waals surface area contributed by atoms with E-state index in [0.717, 1.165) is 17.0 Å². The number of carboxylic acid groups (broad SMARTS) is 1. The van der Waals surface area contributed by atoms with Crippen LogP contribution in [0, 0.1) is 10.1 Å². The first-order chi connectivity index (χ1) is 10.00. The molecule has 0 spiro atoms. The molecule has 0 aliphatic carbocycles. The van der Waals surface area contributed by atoms with Crippen LogP contribution in [0.15, 0.2) is 23.1 Å². The summed E-state index contributed by atoms with van der Waals surface area (Å²) in [6, 6.07) is 1.04. The molecule has 0 amide bonds. The third-order valence-corrected chi connectivity index (χ3v) is 4.41. The quantitative estimate of drug-likeness (QED) is 0.617. The van der Waals surface area contributed by atoms with Crippen LogP contribution in [0.3, 0.4) is 0 Å². The Labute approximate surface area is 124 Å². The van der Waals surface area contributed by atoms with E-state index >= 15 is 0 Å². The third kappa shape index (κ3) is 3.30. The molecule has 122 valence electrons. The van der Waals surface area contributed by atoms with Crippen LogP contribution >= 0.6 is 0 Å². The molecule has 0 radical (unpaired) electrons. The van der Waals surface area contributed by atoms with Crippen LogP contribution in [0.4, 0.5) is 20.2 Å². The number of hydrogen-bond donors (Lipinski definition) is 1. The predicted octanol–water partition coefficient (Wildman–Crippen LogP) is 1.50. The van der Waals surface area contributed by atoms with Gasteiger partial charge in [0.15, 0.2) is 0 Å². The van der Waals surface area contributed by atoms with Crippen LogP contribution in [0.2, 0.25) is 0 Å². The number of likely N-dealkylation sites (N-methyl/N-ethyl adjacent to an activating group) is 1. The zero-order chi connectivity index (χ0) is 17.2. The normalized spacial score (nSPS) is 13.0. The molecule has 0 aliphatic rings. The van der Waals surface area contributed by atoms with Gasteiger partial charge in [-0.25, -0.2) is 13.2 Å². The van der Waals surface area contributed by atoms with Gasteiger partial charge in [-0.2, -0.15) is 8.78 Å². The molecule has 11 heteroatoms. The van der Waals surface area contributed by atoms with Crippen LogP contribution in [0.1, 0.15) is 6.92 Å². The van der Waals surface area contributed by atoms with Gasteiger partial charge in [0.25, 0.3) is 5.69 Å². The summed E-state index contributed by atoms with van der Waals surface area (Å²) in [7, 11) is -3.73. The Balaban J connectivity index is 3.46. The van der Waals surface area contributed by atoms with Gasteiger partial charge in [-0.05, 0) is 19.1 Å². The Bertz CT molecular complexity index is 707. The van der Waals surface area contributed by atoms with Gasteiger partial charge in [0.05, 0.1) is 9.82 Å². The standard InChI is InChI=1S/C11H12F2N2O6S/c1-6(10(16)17)14(2)8-4-3-7(5-9(8)15(18)19)22(20,21)11(12)13/h3-6,11H,1-2H3,(H,16,17). The summed E-state index contributed by atoms with van der Waals surface area (Å²) in [4.78, 5) is 21.1. The number of nitro benzene ring substituents is 1. The summed E-state index contributed by atoms with van der Waals surface area (Å²) >= 11 is 0. The molecule has 8 nitrogen and oxygen atoms in total. The maximum absolute atomic E-state index is 12.5. The number of rotatable bonds is 6. The van der Waals surface area contributed by atoms with Gasteiger partial charge in [-0.15, -0.1) is 0 Å². The average molecular weight is 338 g/mol. The lowest BCUT2D eigenvalue weighted by Gasteiger charge is -2.23. The van der Waals surface area contributed by atoms with Gasteiger partial charge in [-0.3, -0.25) is 10.1 Å². The molecule has 0 saturated heterocycles. The molecule has 22 heavy (non-hydrogen) atoms. The molecule has 0 aromatic heterocycles. The van der Waals surface area contributed by atoms with Crippen molar-refractivity contribution in [2.24, 2.45) is 0 Å². The summed E-state index contributed by atoms with van der Waals surface area (Å²) in [5, 5.41) is 19.9. The Morgan fingerprint density at radius 3 is 2.36 bits per heavy atom. The number of nitrogens with zero attached hydrogens (tertiary/aromatic N) is 2. The predicted molar refractivity (Wildman–Crippen MR) is 71.8 cm³/mol. The molecule has 0 fully saturated rings. The maximum Gasteiger partial charge on any atom is 0.341 e. The topological polar surface area (TPSA) is 118 Å². The van der Waals surface area contributed by atoms with E-state index in [1.807, 2.05) is 0 Å². The highest BCUT2D eigenvalue weighted by Crippen LogP contribution is 2.32. The Morgan fingerprint density at radius 2 is 1.95 bits per heavy atom. The Hall–Kier alpha value is -2.30. The van der Waals surface area contributed by atoms with Gasteiger partial charge < -0.3 is 10.0 Å². The van der Waals surface area contributed by atoms with Crippen molar-refractivity contribution in [2.45, 2.75) is 23.6 Å². The van der Waals surface area contributed by atoms with Crippen molar-refractivity contribution in [1.29, 1.82) is 0 Å². The number of anilines is 1. The molecule has 1 N–H and O–H groups in total. The molecular formula is C11H12F2N2O6S. The lowest BCUT2D eigenvalue weighted by molar-refractivity contribution is -0.384. The zero-order valence-electron chi connectivity index (χ0n) is 11.4. The molecule has 0 saturated carbocycles. The fourth-order valence-electron chi connectivity index (χ4n) is 1.60. The summed E-state index contributed by atoms with van der Waals surface area (Å²) in [6.45, 7) is 1.26. The summed E-state index contributed by atoms with van der Waals surface area (Å²) < 4.78 is 47.7. The van der Waals surface area contributed by atoms with Crippen molar-refractivity contribution < 1.29 is 32.0 Å². The van der Waals surface area contributed by atoms with Crippen molar-refractivity contribution in [1.82, 2.24) is 0 Å². The van der Waals surface area contributed by atoms with Crippen molar-refractivity contribution in [3.8, 4) is 0 Å². The number of benzene rings is 1. The van der Waals surface area contributed by atoms with Crippen LogP contribution in [-0.2, 0) is 14.6 Å².